The van der Waals surface area contributed by atoms with Gasteiger partial charge in [-0.3, -0.25) is 0 Å². The van der Waals surface area contributed by atoms with Crippen molar-refractivity contribution in [1.82, 2.24) is 0 Å². The number of unbranched alkanes of at least 4 members (excludes halogenated alkanes) is 6. The Morgan fingerprint density at radius 1 is 0.667 bits per heavy atom. The van der Waals surface area contributed by atoms with Crippen molar-refractivity contribution < 1.29 is 14.3 Å². The molecule has 0 aliphatic rings. The first kappa shape index (κ1) is 19.4. The highest BCUT2D eigenvalue weighted by atomic mass is 127. The maximum atomic E-state index is 11.3. The van der Waals surface area contributed by atoms with Crippen molar-refractivity contribution in [1.29, 1.82) is 0 Å². The number of halogens is 2. The Bertz CT molecular complexity index is 148. The Hall–Kier alpha value is 1.40. The molecule has 0 saturated heterocycles. The van der Waals surface area contributed by atoms with Gasteiger partial charge < -0.3 is 9.31 Å². The van der Waals surface area contributed by atoms with E-state index in [0.29, 0.717) is 13.2 Å². The Kier molecular flexibility index (Phi) is 17.7. The molecule has 0 atom stereocenters. The van der Waals surface area contributed by atoms with E-state index in [1.807, 2.05) is 0 Å². The highest BCUT2D eigenvalue weighted by molar-refractivity contribution is 14.1. The lowest BCUT2D eigenvalue weighted by molar-refractivity contribution is 0.105. The van der Waals surface area contributed by atoms with E-state index in [-0.39, 0.29) is 0 Å². The molecule has 18 heavy (non-hydrogen) atoms. The minimum atomic E-state index is -1.28. The van der Waals surface area contributed by atoms with Gasteiger partial charge in [-0.25, -0.2) is 5.02 Å². The zero-order chi connectivity index (χ0) is 13.5. The number of hydrogen-bond acceptors (Lipinski definition) is 2. The van der Waals surface area contributed by atoms with Crippen LogP contribution in [0.2, 0.25) is 0 Å². The topological polar surface area (TPSA) is 38.4 Å². The van der Waals surface area contributed by atoms with Gasteiger partial charge in [-0.1, -0.05) is 70.9 Å². The first-order chi connectivity index (χ1) is 8.81. The molecule has 0 bridgehead atoms. The third-order valence-electron chi connectivity index (χ3n) is 2.56. The van der Waals surface area contributed by atoms with Gasteiger partial charge in [-0.15, -0.1) is 0 Å². The molecule has 0 fully saturated rings. The lowest BCUT2D eigenvalue weighted by Gasteiger charge is -2.07. The van der Waals surface area contributed by atoms with Crippen molar-refractivity contribution in [2.24, 2.45) is 0 Å². The van der Waals surface area contributed by atoms with Gasteiger partial charge in [0.1, 0.15) is 0 Å². The largest absolute Gasteiger partial charge is 0.666 e. The van der Waals surface area contributed by atoms with E-state index in [1.54, 1.807) is 0 Å². The molecule has 0 spiro atoms. The van der Waals surface area contributed by atoms with Crippen LogP contribution in [0.15, 0.2) is 0 Å². The van der Waals surface area contributed by atoms with Crippen molar-refractivity contribution in [3.8, 4) is 0 Å². The van der Waals surface area contributed by atoms with E-state index in [0.717, 1.165) is 25.7 Å². The molecular formula is C12H24BI2O3. The Labute approximate surface area is 139 Å². The van der Waals surface area contributed by atoms with Gasteiger partial charge in [0.2, 0.25) is 0 Å². The van der Waals surface area contributed by atoms with Crippen molar-refractivity contribution in [3.05, 3.63) is 0 Å². The van der Waals surface area contributed by atoms with Gasteiger partial charge in [-0.05, 0) is 34.5 Å². The van der Waals surface area contributed by atoms with Crippen LogP contribution in [0.25, 0.3) is 0 Å². The first-order valence-corrected chi connectivity index (χ1v) is 9.87. The van der Waals surface area contributed by atoms with Crippen LogP contribution in [0.1, 0.15) is 51.4 Å². The summed E-state index contributed by atoms with van der Waals surface area (Å²) in [6.07, 6.45) is 9.20. The van der Waals surface area contributed by atoms with Gasteiger partial charge in [0.15, 0.2) is 0 Å². The molecule has 0 heterocycles. The molecule has 0 rings (SSSR count). The third-order valence-corrected chi connectivity index (χ3v) is 4.09. The van der Waals surface area contributed by atoms with E-state index < -0.39 is 7.32 Å². The summed E-state index contributed by atoms with van der Waals surface area (Å²) in [5.41, 5.74) is 0. The highest BCUT2D eigenvalue weighted by Crippen LogP contribution is 2.04. The van der Waals surface area contributed by atoms with Gasteiger partial charge in [-0.2, -0.15) is 0 Å². The van der Waals surface area contributed by atoms with Crippen LogP contribution in [0, 0.1) is 0 Å². The molecule has 3 nitrogen and oxygen atoms in total. The van der Waals surface area contributed by atoms with Gasteiger partial charge in [0.05, 0.1) is 0 Å². The minimum Gasteiger partial charge on any atom is -0.384 e. The van der Waals surface area contributed by atoms with Crippen LogP contribution < -0.4 is 0 Å². The van der Waals surface area contributed by atoms with Crippen molar-refractivity contribution in [2.45, 2.75) is 51.4 Å². The van der Waals surface area contributed by atoms with E-state index in [2.05, 4.69) is 45.2 Å². The Morgan fingerprint density at radius 3 is 1.44 bits per heavy atom. The van der Waals surface area contributed by atoms with Crippen molar-refractivity contribution in [3.63, 3.8) is 0 Å². The Morgan fingerprint density at radius 2 is 1.06 bits per heavy atom. The lowest BCUT2D eigenvalue weighted by atomic mass is 10.2. The van der Waals surface area contributed by atoms with E-state index >= 15 is 0 Å². The molecule has 0 N–H and O–H groups in total. The molecule has 0 unspecified atom stereocenters. The smallest absolute Gasteiger partial charge is 0.384 e. The molecule has 0 aliphatic heterocycles. The molecular weight excluding hydrogens is 457 g/mol. The van der Waals surface area contributed by atoms with Gasteiger partial charge in [0, 0.05) is 13.2 Å². The molecule has 0 aromatic carbocycles. The minimum absolute atomic E-state index is 0.532. The van der Waals surface area contributed by atoms with Crippen LogP contribution in [-0.4, -0.2) is 29.4 Å². The monoisotopic (exact) mass is 481 g/mol. The molecule has 0 aromatic rings. The van der Waals surface area contributed by atoms with Crippen molar-refractivity contribution in [2.75, 3.05) is 22.1 Å². The normalized spacial score (nSPS) is 10.8. The maximum absolute atomic E-state index is 11.3. The van der Waals surface area contributed by atoms with Crippen LogP contribution in [-0.2, 0) is 14.3 Å². The quantitative estimate of drug-likeness (QED) is 0.160. The first-order valence-electron chi connectivity index (χ1n) is 6.82. The average molecular weight is 481 g/mol. The van der Waals surface area contributed by atoms with Crippen LogP contribution in [0.5, 0.6) is 0 Å². The summed E-state index contributed by atoms with van der Waals surface area (Å²) in [6, 6.07) is 0. The summed E-state index contributed by atoms with van der Waals surface area (Å²) in [5, 5.41) is 11.3. The lowest BCUT2D eigenvalue weighted by Crippen LogP contribution is -2.22. The Balaban J connectivity index is 3.10. The summed E-state index contributed by atoms with van der Waals surface area (Å²) in [6.45, 7) is 1.06. The summed E-state index contributed by atoms with van der Waals surface area (Å²) in [5.74, 6) is 0. The fourth-order valence-electron chi connectivity index (χ4n) is 1.51. The number of hydrogen-bond donors (Lipinski definition) is 0. The summed E-state index contributed by atoms with van der Waals surface area (Å²) in [4.78, 5) is 0. The molecule has 107 valence electrons. The summed E-state index contributed by atoms with van der Waals surface area (Å²) < 4.78 is 12.6. The second-order valence-electron chi connectivity index (χ2n) is 4.24. The predicted molar refractivity (Wildman–Crippen MR) is 93.1 cm³/mol. The fourth-order valence-corrected chi connectivity index (χ4v) is 2.59. The molecule has 0 aromatic heterocycles. The molecule has 0 saturated carbocycles. The van der Waals surface area contributed by atoms with E-state index in [1.165, 1.54) is 34.5 Å². The molecule has 1 radical (unpaired) electrons. The summed E-state index contributed by atoms with van der Waals surface area (Å²) in [7, 11) is -1.28. The maximum Gasteiger partial charge on any atom is 0.666 e. The number of alkyl halides is 2. The third kappa shape index (κ3) is 15.5. The average Bonchev–Trinajstić information content (AvgIpc) is 2.38. The zero-order valence-electron chi connectivity index (χ0n) is 11.0. The highest BCUT2D eigenvalue weighted by Gasteiger charge is 2.16. The molecule has 6 heteroatoms. The van der Waals surface area contributed by atoms with Gasteiger partial charge in [0.25, 0.3) is 0 Å². The second kappa shape index (κ2) is 16.5. The van der Waals surface area contributed by atoms with Crippen LogP contribution in [0.3, 0.4) is 0 Å². The van der Waals surface area contributed by atoms with E-state index in [4.69, 9.17) is 9.31 Å². The zero-order valence-corrected chi connectivity index (χ0v) is 15.4. The van der Waals surface area contributed by atoms with Gasteiger partial charge >= 0.3 is 7.32 Å². The van der Waals surface area contributed by atoms with Crippen LogP contribution >= 0.6 is 45.2 Å². The van der Waals surface area contributed by atoms with Crippen LogP contribution in [0.4, 0.5) is 0 Å². The molecule has 0 amide bonds. The predicted octanol–water partition coefficient (Wildman–Crippen LogP) is 4.43. The standard InChI is InChI=1S/C12H24BI2O3/c14-9-5-1-3-7-11-17-13(16)18-12-8-4-2-6-10-15/h1-12H2. The molecule has 0 aliphatic carbocycles. The number of rotatable bonds is 14. The van der Waals surface area contributed by atoms with E-state index in [9.17, 15) is 5.02 Å². The SMILES string of the molecule is [O]B(OCCCCCCI)OCCCCCCI. The second-order valence-corrected chi connectivity index (χ2v) is 6.39. The van der Waals surface area contributed by atoms with Crippen molar-refractivity contribution >= 4 is 52.5 Å². The summed E-state index contributed by atoms with van der Waals surface area (Å²) >= 11 is 4.77. The fraction of sp³-hybridized carbons (Fsp3) is 1.00.